The molecular formula is C14H19N3. The number of nitrogens with one attached hydrogen (secondary N) is 1. The summed E-state index contributed by atoms with van der Waals surface area (Å²) < 4.78 is 1.97. The lowest BCUT2D eigenvalue weighted by Crippen LogP contribution is -2.19. The Labute approximate surface area is 102 Å². The van der Waals surface area contributed by atoms with E-state index in [1.54, 1.807) is 0 Å². The first-order chi connectivity index (χ1) is 8.24. The minimum atomic E-state index is 0.916. The zero-order valence-corrected chi connectivity index (χ0v) is 10.5. The monoisotopic (exact) mass is 229 g/mol. The summed E-state index contributed by atoms with van der Waals surface area (Å²) in [4.78, 5) is 0. The molecule has 0 amide bonds. The van der Waals surface area contributed by atoms with Crippen molar-refractivity contribution in [1.82, 2.24) is 15.1 Å². The average molecular weight is 229 g/mol. The summed E-state index contributed by atoms with van der Waals surface area (Å²) >= 11 is 0. The van der Waals surface area contributed by atoms with E-state index in [1.807, 2.05) is 10.9 Å². The Kier molecular flexibility index (Phi) is 3.94. The third kappa shape index (κ3) is 3.71. The third-order valence-corrected chi connectivity index (χ3v) is 2.69. The molecule has 3 heteroatoms. The van der Waals surface area contributed by atoms with Gasteiger partial charge in [0, 0.05) is 19.3 Å². The van der Waals surface area contributed by atoms with Crippen LogP contribution in [0, 0.1) is 13.8 Å². The van der Waals surface area contributed by atoms with Gasteiger partial charge in [-0.3, -0.25) is 4.68 Å². The maximum atomic E-state index is 4.25. The van der Waals surface area contributed by atoms with Crippen LogP contribution in [-0.2, 0) is 13.1 Å². The van der Waals surface area contributed by atoms with Crippen LogP contribution >= 0.6 is 0 Å². The first-order valence-electron chi connectivity index (χ1n) is 5.99. The molecule has 0 saturated heterocycles. The van der Waals surface area contributed by atoms with Gasteiger partial charge in [0.1, 0.15) is 0 Å². The number of nitrogens with zero attached hydrogens (tertiary/aromatic N) is 2. The smallest absolute Gasteiger partial charge is 0.0534 e. The zero-order chi connectivity index (χ0) is 12.1. The van der Waals surface area contributed by atoms with Crippen molar-refractivity contribution >= 4 is 0 Å². The Morgan fingerprint density at radius 2 is 2.12 bits per heavy atom. The topological polar surface area (TPSA) is 29.9 Å². The molecule has 3 nitrogen and oxygen atoms in total. The van der Waals surface area contributed by atoms with E-state index < -0.39 is 0 Å². The normalized spacial score (nSPS) is 10.7. The lowest BCUT2D eigenvalue weighted by Gasteiger charge is -2.05. The summed E-state index contributed by atoms with van der Waals surface area (Å²) in [7, 11) is 0. The highest BCUT2D eigenvalue weighted by molar-refractivity contribution is 5.21. The molecule has 0 atom stereocenters. The Morgan fingerprint density at radius 3 is 2.82 bits per heavy atom. The molecule has 0 fully saturated rings. The van der Waals surface area contributed by atoms with E-state index in [2.05, 4.69) is 54.7 Å². The van der Waals surface area contributed by atoms with Gasteiger partial charge in [0.15, 0.2) is 0 Å². The maximum absolute atomic E-state index is 4.25. The van der Waals surface area contributed by atoms with E-state index in [1.165, 1.54) is 16.7 Å². The van der Waals surface area contributed by atoms with E-state index in [0.29, 0.717) is 0 Å². The summed E-state index contributed by atoms with van der Waals surface area (Å²) in [5.41, 5.74) is 3.86. The summed E-state index contributed by atoms with van der Waals surface area (Å²) in [5, 5.41) is 7.68. The van der Waals surface area contributed by atoms with E-state index in [-0.39, 0.29) is 0 Å². The first kappa shape index (κ1) is 11.9. The Hall–Kier alpha value is -1.61. The van der Waals surface area contributed by atoms with E-state index in [4.69, 9.17) is 0 Å². The van der Waals surface area contributed by atoms with Crippen molar-refractivity contribution in [2.45, 2.75) is 26.9 Å². The van der Waals surface area contributed by atoms with Crippen molar-refractivity contribution in [3.63, 3.8) is 0 Å². The van der Waals surface area contributed by atoms with Crippen molar-refractivity contribution in [2.75, 3.05) is 6.54 Å². The van der Waals surface area contributed by atoms with Gasteiger partial charge in [-0.15, -0.1) is 0 Å². The predicted octanol–water partition coefficient (Wildman–Crippen LogP) is 2.29. The molecule has 2 rings (SSSR count). The van der Waals surface area contributed by atoms with Crippen LogP contribution in [0.3, 0.4) is 0 Å². The first-order valence-corrected chi connectivity index (χ1v) is 5.99. The van der Waals surface area contributed by atoms with Gasteiger partial charge in [0.05, 0.1) is 12.7 Å². The number of benzene rings is 1. The second-order valence-electron chi connectivity index (χ2n) is 4.45. The zero-order valence-electron chi connectivity index (χ0n) is 10.5. The number of hydrogen-bond acceptors (Lipinski definition) is 2. The average Bonchev–Trinajstić information content (AvgIpc) is 2.71. The fourth-order valence-corrected chi connectivity index (χ4v) is 1.84. The van der Waals surface area contributed by atoms with Gasteiger partial charge < -0.3 is 5.32 Å². The molecule has 2 aromatic rings. The maximum Gasteiger partial charge on any atom is 0.0534 e. The Balaban J connectivity index is 1.73. The molecule has 0 radical (unpaired) electrons. The van der Waals surface area contributed by atoms with E-state index >= 15 is 0 Å². The summed E-state index contributed by atoms with van der Waals surface area (Å²) in [6, 6.07) is 8.59. The van der Waals surface area contributed by atoms with Crippen LogP contribution in [0.25, 0.3) is 0 Å². The highest BCUT2D eigenvalue weighted by Crippen LogP contribution is 2.03. The van der Waals surface area contributed by atoms with Crippen LogP contribution in [0.1, 0.15) is 16.7 Å². The van der Waals surface area contributed by atoms with Gasteiger partial charge in [-0.1, -0.05) is 29.8 Å². The Bertz CT molecular complexity index is 474. The van der Waals surface area contributed by atoms with Crippen LogP contribution in [0.4, 0.5) is 0 Å². The molecule has 17 heavy (non-hydrogen) atoms. The standard InChI is InChI=1S/C14H19N3/c1-12-4-3-5-14(8-12)10-15-6-7-17-11-13(2)9-16-17/h3-5,8-9,11,15H,6-7,10H2,1-2H3. The number of hydrogen-bond donors (Lipinski definition) is 1. The molecular weight excluding hydrogens is 210 g/mol. The Morgan fingerprint density at radius 1 is 1.24 bits per heavy atom. The van der Waals surface area contributed by atoms with Crippen molar-refractivity contribution < 1.29 is 0 Å². The SMILES string of the molecule is Cc1cccc(CNCCn2cc(C)cn2)c1. The largest absolute Gasteiger partial charge is 0.311 e. The molecule has 0 spiro atoms. The molecule has 0 saturated carbocycles. The van der Waals surface area contributed by atoms with Crippen molar-refractivity contribution in [3.05, 3.63) is 53.3 Å². The summed E-state index contributed by atoms with van der Waals surface area (Å²) in [6.45, 7) is 6.95. The molecule has 1 aromatic carbocycles. The van der Waals surface area contributed by atoms with Crippen LogP contribution in [-0.4, -0.2) is 16.3 Å². The fourth-order valence-electron chi connectivity index (χ4n) is 1.84. The van der Waals surface area contributed by atoms with Crippen molar-refractivity contribution in [2.24, 2.45) is 0 Å². The van der Waals surface area contributed by atoms with Gasteiger partial charge in [-0.05, 0) is 25.0 Å². The van der Waals surface area contributed by atoms with Gasteiger partial charge in [0.25, 0.3) is 0 Å². The van der Waals surface area contributed by atoms with E-state index in [0.717, 1.165) is 19.6 Å². The van der Waals surface area contributed by atoms with Gasteiger partial charge in [-0.2, -0.15) is 5.10 Å². The molecule has 0 unspecified atom stereocenters. The predicted molar refractivity (Wildman–Crippen MR) is 69.8 cm³/mol. The molecule has 1 N–H and O–H groups in total. The van der Waals surface area contributed by atoms with Gasteiger partial charge in [0.2, 0.25) is 0 Å². The molecule has 0 aliphatic heterocycles. The number of aryl methyl sites for hydroxylation is 2. The molecule has 1 heterocycles. The molecule has 0 aliphatic carbocycles. The van der Waals surface area contributed by atoms with Crippen molar-refractivity contribution in [3.8, 4) is 0 Å². The number of rotatable bonds is 5. The minimum Gasteiger partial charge on any atom is -0.311 e. The lowest BCUT2D eigenvalue weighted by atomic mass is 10.1. The number of aromatic nitrogens is 2. The van der Waals surface area contributed by atoms with Gasteiger partial charge in [-0.25, -0.2) is 0 Å². The third-order valence-electron chi connectivity index (χ3n) is 2.69. The van der Waals surface area contributed by atoms with Crippen LogP contribution in [0.15, 0.2) is 36.7 Å². The summed E-state index contributed by atoms with van der Waals surface area (Å²) in [6.07, 6.45) is 3.95. The van der Waals surface area contributed by atoms with Crippen LogP contribution in [0.5, 0.6) is 0 Å². The molecule has 0 bridgehead atoms. The second kappa shape index (κ2) is 5.64. The molecule has 0 aliphatic rings. The molecule has 90 valence electrons. The van der Waals surface area contributed by atoms with Crippen molar-refractivity contribution in [1.29, 1.82) is 0 Å². The van der Waals surface area contributed by atoms with Gasteiger partial charge >= 0.3 is 0 Å². The van der Waals surface area contributed by atoms with Crippen LogP contribution in [0.2, 0.25) is 0 Å². The molecule has 1 aromatic heterocycles. The lowest BCUT2D eigenvalue weighted by molar-refractivity contribution is 0.554. The van der Waals surface area contributed by atoms with Crippen LogP contribution < -0.4 is 5.32 Å². The fraction of sp³-hybridized carbons (Fsp3) is 0.357. The minimum absolute atomic E-state index is 0.916. The second-order valence-corrected chi connectivity index (χ2v) is 4.45. The van der Waals surface area contributed by atoms with E-state index in [9.17, 15) is 0 Å². The highest BCUT2D eigenvalue weighted by Gasteiger charge is 1.95. The summed E-state index contributed by atoms with van der Waals surface area (Å²) in [5.74, 6) is 0. The quantitative estimate of drug-likeness (QED) is 0.797. The highest BCUT2D eigenvalue weighted by atomic mass is 15.3.